The van der Waals surface area contributed by atoms with Crippen LogP contribution in [-0.2, 0) is 6.42 Å². The second-order valence-corrected chi connectivity index (χ2v) is 4.91. The third-order valence-corrected chi connectivity index (χ3v) is 3.69. The fourth-order valence-electron chi connectivity index (χ4n) is 1.73. The van der Waals surface area contributed by atoms with Crippen molar-refractivity contribution in [1.82, 2.24) is 0 Å². The predicted molar refractivity (Wildman–Crippen MR) is 64.2 cm³/mol. The second kappa shape index (κ2) is 4.59. The molecule has 2 rings (SSSR count). The van der Waals surface area contributed by atoms with Gasteiger partial charge in [-0.25, -0.2) is 0 Å². The minimum absolute atomic E-state index is 0.126. The van der Waals surface area contributed by atoms with Crippen LogP contribution in [0.4, 0.5) is 5.69 Å². The first-order chi connectivity index (χ1) is 7.29. The molecule has 15 heavy (non-hydrogen) atoms. The van der Waals surface area contributed by atoms with Gasteiger partial charge in [-0.3, -0.25) is 0 Å². The molecule has 1 aliphatic heterocycles. The molecule has 0 saturated heterocycles. The zero-order valence-electron chi connectivity index (χ0n) is 8.79. The highest BCUT2D eigenvalue weighted by Gasteiger charge is 2.10. The summed E-state index contributed by atoms with van der Waals surface area (Å²) < 4.78 is 0. The molecule has 0 spiro atoms. The van der Waals surface area contributed by atoms with Crippen molar-refractivity contribution in [2.45, 2.75) is 30.7 Å². The summed E-state index contributed by atoms with van der Waals surface area (Å²) in [7, 11) is 0. The number of benzene rings is 1. The number of nitrogens with zero attached hydrogens (tertiary/aromatic N) is 1. The van der Waals surface area contributed by atoms with Gasteiger partial charge < -0.3 is 5.32 Å². The Kier molecular flexibility index (Phi) is 3.17. The maximum Gasteiger partial charge on any atom is 0.111 e. The molecule has 1 aromatic carbocycles. The first-order valence-corrected chi connectivity index (χ1v) is 6.20. The SMILES string of the molecule is CC(C#N)Nc1ccc2c(c1)CCCS2. The van der Waals surface area contributed by atoms with Crippen LogP contribution in [-0.4, -0.2) is 11.8 Å². The van der Waals surface area contributed by atoms with Crippen LogP contribution in [0.3, 0.4) is 0 Å². The van der Waals surface area contributed by atoms with Crippen LogP contribution in [0.15, 0.2) is 23.1 Å². The lowest BCUT2D eigenvalue weighted by Crippen LogP contribution is -2.12. The number of nitrogens with one attached hydrogen (secondary N) is 1. The lowest BCUT2D eigenvalue weighted by Gasteiger charge is -2.17. The van der Waals surface area contributed by atoms with E-state index in [1.165, 1.54) is 29.1 Å². The number of thioether (sulfide) groups is 1. The minimum atomic E-state index is -0.126. The summed E-state index contributed by atoms with van der Waals surface area (Å²) in [5.41, 5.74) is 2.48. The van der Waals surface area contributed by atoms with Gasteiger partial charge in [0.2, 0.25) is 0 Å². The van der Waals surface area contributed by atoms with E-state index in [9.17, 15) is 0 Å². The molecule has 3 heteroatoms. The number of anilines is 1. The summed E-state index contributed by atoms with van der Waals surface area (Å²) in [6, 6.07) is 8.45. The standard InChI is InChI=1S/C12H14N2S/c1-9(8-13)14-11-4-5-12-10(7-11)3-2-6-15-12/h4-5,7,9,14H,2-3,6H2,1H3. The van der Waals surface area contributed by atoms with Crippen molar-refractivity contribution in [3.8, 4) is 6.07 Å². The highest BCUT2D eigenvalue weighted by atomic mass is 32.2. The van der Waals surface area contributed by atoms with Crippen molar-refractivity contribution in [3.63, 3.8) is 0 Å². The Hall–Kier alpha value is -1.14. The molecule has 0 aliphatic carbocycles. The van der Waals surface area contributed by atoms with Gasteiger partial charge in [0.05, 0.1) is 6.07 Å². The Bertz CT molecular complexity index is 395. The number of hydrogen-bond acceptors (Lipinski definition) is 3. The summed E-state index contributed by atoms with van der Waals surface area (Å²) >= 11 is 1.93. The molecule has 1 atom stereocenters. The molecule has 2 nitrogen and oxygen atoms in total. The van der Waals surface area contributed by atoms with Crippen LogP contribution in [0.1, 0.15) is 18.9 Å². The van der Waals surface area contributed by atoms with Gasteiger partial charge in [-0.1, -0.05) is 0 Å². The van der Waals surface area contributed by atoms with Gasteiger partial charge in [0, 0.05) is 10.6 Å². The summed E-state index contributed by atoms with van der Waals surface area (Å²) in [4.78, 5) is 1.40. The quantitative estimate of drug-likeness (QED) is 0.828. The minimum Gasteiger partial charge on any atom is -0.370 e. The lowest BCUT2D eigenvalue weighted by molar-refractivity contribution is 0.888. The largest absolute Gasteiger partial charge is 0.370 e. The Morgan fingerprint density at radius 3 is 3.20 bits per heavy atom. The molecule has 0 aromatic heterocycles. The summed E-state index contributed by atoms with van der Waals surface area (Å²) in [5, 5.41) is 11.9. The van der Waals surface area contributed by atoms with Gasteiger partial charge in [-0.2, -0.15) is 5.26 Å². The summed E-state index contributed by atoms with van der Waals surface area (Å²) in [6.45, 7) is 1.87. The fraction of sp³-hybridized carbons (Fsp3) is 0.417. The van der Waals surface area contributed by atoms with Crippen LogP contribution in [0, 0.1) is 11.3 Å². The first-order valence-electron chi connectivity index (χ1n) is 5.21. The Morgan fingerprint density at radius 1 is 1.53 bits per heavy atom. The highest BCUT2D eigenvalue weighted by molar-refractivity contribution is 7.99. The van der Waals surface area contributed by atoms with E-state index < -0.39 is 0 Å². The average molecular weight is 218 g/mol. The Morgan fingerprint density at radius 2 is 2.40 bits per heavy atom. The van der Waals surface area contributed by atoms with Crippen LogP contribution < -0.4 is 5.32 Å². The molecule has 1 N–H and O–H groups in total. The topological polar surface area (TPSA) is 35.8 Å². The smallest absolute Gasteiger partial charge is 0.111 e. The molecule has 0 saturated carbocycles. The normalized spacial score (nSPS) is 16.3. The van der Waals surface area contributed by atoms with E-state index in [1.54, 1.807) is 0 Å². The Balaban J connectivity index is 2.18. The molecule has 0 fully saturated rings. The van der Waals surface area contributed by atoms with E-state index in [0.717, 1.165) is 5.69 Å². The third kappa shape index (κ3) is 2.45. The zero-order valence-corrected chi connectivity index (χ0v) is 9.60. The second-order valence-electron chi connectivity index (χ2n) is 3.77. The van der Waals surface area contributed by atoms with E-state index in [-0.39, 0.29) is 6.04 Å². The van der Waals surface area contributed by atoms with Gasteiger partial charge in [0.1, 0.15) is 6.04 Å². The van der Waals surface area contributed by atoms with E-state index >= 15 is 0 Å². The van der Waals surface area contributed by atoms with E-state index in [1.807, 2.05) is 18.7 Å². The van der Waals surface area contributed by atoms with Crippen LogP contribution in [0.5, 0.6) is 0 Å². The van der Waals surface area contributed by atoms with Crippen molar-refractivity contribution < 1.29 is 0 Å². The molecule has 78 valence electrons. The molecule has 0 amide bonds. The fourth-order valence-corrected chi connectivity index (χ4v) is 2.75. The van der Waals surface area contributed by atoms with E-state index in [0.29, 0.717) is 0 Å². The van der Waals surface area contributed by atoms with E-state index in [2.05, 4.69) is 29.6 Å². The average Bonchev–Trinajstić information content (AvgIpc) is 2.29. The number of hydrogen-bond donors (Lipinski definition) is 1. The van der Waals surface area contributed by atoms with Crippen molar-refractivity contribution in [3.05, 3.63) is 23.8 Å². The number of fused-ring (bicyclic) bond motifs is 1. The van der Waals surface area contributed by atoms with Crippen molar-refractivity contribution >= 4 is 17.4 Å². The van der Waals surface area contributed by atoms with Crippen LogP contribution in [0.25, 0.3) is 0 Å². The maximum atomic E-state index is 8.72. The van der Waals surface area contributed by atoms with Gasteiger partial charge in [0.15, 0.2) is 0 Å². The number of aryl methyl sites for hydroxylation is 1. The number of rotatable bonds is 2. The predicted octanol–water partition coefficient (Wildman–Crippen LogP) is 3.05. The van der Waals surface area contributed by atoms with Gasteiger partial charge >= 0.3 is 0 Å². The van der Waals surface area contributed by atoms with Crippen LogP contribution in [0.2, 0.25) is 0 Å². The molecular weight excluding hydrogens is 204 g/mol. The third-order valence-electron chi connectivity index (χ3n) is 2.49. The van der Waals surface area contributed by atoms with Gasteiger partial charge in [-0.15, -0.1) is 11.8 Å². The van der Waals surface area contributed by atoms with Gasteiger partial charge in [0.25, 0.3) is 0 Å². The maximum absolute atomic E-state index is 8.72. The molecule has 1 aromatic rings. The number of nitriles is 1. The van der Waals surface area contributed by atoms with Crippen molar-refractivity contribution in [2.75, 3.05) is 11.1 Å². The van der Waals surface area contributed by atoms with Gasteiger partial charge in [-0.05, 0) is 49.3 Å². The summed E-state index contributed by atoms with van der Waals surface area (Å²) in [5.74, 6) is 1.23. The zero-order chi connectivity index (χ0) is 10.7. The van der Waals surface area contributed by atoms with E-state index in [4.69, 9.17) is 5.26 Å². The lowest BCUT2D eigenvalue weighted by atomic mass is 10.1. The Labute approximate surface area is 94.7 Å². The monoisotopic (exact) mass is 218 g/mol. The molecular formula is C12H14N2S. The van der Waals surface area contributed by atoms with Crippen molar-refractivity contribution in [1.29, 1.82) is 5.26 Å². The summed E-state index contributed by atoms with van der Waals surface area (Å²) in [6.07, 6.45) is 2.42. The van der Waals surface area contributed by atoms with Crippen LogP contribution >= 0.6 is 11.8 Å². The molecule has 0 bridgehead atoms. The first kappa shape index (κ1) is 10.4. The molecule has 0 radical (unpaired) electrons. The molecule has 1 aliphatic rings. The van der Waals surface area contributed by atoms with Crippen molar-refractivity contribution in [2.24, 2.45) is 0 Å². The molecule has 1 heterocycles. The molecule has 1 unspecified atom stereocenters. The highest BCUT2D eigenvalue weighted by Crippen LogP contribution is 2.31.